The predicted molar refractivity (Wildman–Crippen MR) is 73.9 cm³/mol. The van der Waals surface area contributed by atoms with Crippen molar-refractivity contribution >= 4 is 29.3 Å². The summed E-state index contributed by atoms with van der Waals surface area (Å²) < 4.78 is 11.1. The molecule has 1 aromatic carbocycles. The van der Waals surface area contributed by atoms with Gasteiger partial charge in [-0.2, -0.15) is 0 Å². The third kappa shape index (κ3) is 5.37. The van der Waals surface area contributed by atoms with Gasteiger partial charge in [0, 0.05) is 33.7 Å². The maximum absolute atomic E-state index is 11.6. The molecule has 0 radical (unpaired) electrons. The first kappa shape index (κ1) is 14.3. The molecule has 0 spiro atoms. The van der Waals surface area contributed by atoms with Crippen molar-refractivity contribution in [2.75, 3.05) is 12.8 Å². The summed E-state index contributed by atoms with van der Waals surface area (Å²) in [5.74, 6) is -0.0470. The third-order valence-corrected chi connectivity index (χ3v) is 4.05. The van der Waals surface area contributed by atoms with Crippen molar-refractivity contribution in [2.45, 2.75) is 23.5 Å². The molecule has 5 heteroatoms. The number of thiol groups is 1. The minimum absolute atomic E-state index is 0.0150. The van der Waals surface area contributed by atoms with Crippen molar-refractivity contribution in [1.82, 2.24) is 5.32 Å². The Hall–Kier alpha value is -0.810. The second kappa shape index (κ2) is 6.81. The van der Waals surface area contributed by atoms with Gasteiger partial charge in [-0.15, -0.1) is 12.6 Å². The van der Waals surface area contributed by atoms with Crippen LogP contribution in [-0.4, -0.2) is 28.2 Å². The van der Waals surface area contributed by atoms with Crippen LogP contribution in [-0.2, 0) is 22.0 Å². The van der Waals surface area contributed by atoms with E-state index in [1.807, 2.05) is 31.2 Å². The Bertz CT molecular complexity index is 403. The van der Waals surface area contributed by atoms with E-state index in [1.165, 1.54) is 0 Å². The van der Waals surface area contributed by atoms with Gasteiger partial charge in [0.25, 0.3) is 0 Å². The monoisotopic (exact) mass is 271 g/mol. The largest absolute Gasteiger partial charge is 0.355 e. The molecule has 2 unspecified atom stereocenters. The zero-order valence-corrected chi connectivity index (χ0v) is 11.7. The molecule has 0 saturated heterocycles. The molecule has 3 nitrogen and oxygen atoms in total. The molecule has 0 aliphatic rings. The molecule has 1 aromatic rings. The molecule has 1 N–H and O–H groups in total. The highest BCUT2D eigenvalue weighted by atomic mass is 32.2. The van der Waals surface area contributed by atoms with Gasteiger partial charge in [0.05, 0.1) is 6.42 Å². The molecular weight excluding hydrogens is 254 g/mol. The van der Waals surface area contributed by atoms with Gasteiger partial charge >= 0.3 is 0 Å². The van der Waals surface area contributed by atoms with E-state index in [0.29, 0.717) is 13.0 Å². The Labute approximate surface area is 110 Å². The second-order valence-electron chi connectivity index (χ2n) is 3.96. The highest BCUT2D eigenvalue weighted by molar-refractivity contribution is 7.84. The lowest BCUT2D eigenvalue weighted by molar-refractivity contribution is -0.120. The average molecular weight is 271 g/mol. The van der Waals surface area contributed by atoms with E-state index in [1.54, 1.807) is 6.26 Å². The standard InChI is InChI=1S/C12H17NO2S2/c1-9(17(2)15)8-13-12(14)7-10-3-5-11(16)6-4-10/h3-6,9,16H,7-8H2,1-2H3,(H,13,14). The Morgan fingerprint density at radius 1 is 1.41 bits per heavy atom. The lowest BCUT2D eigenvalue weighted by Crippen LogP contribution is -2.33. The first-order valence-electron chi connectivity index (χ1n) is 5.36. The smallest absolute Gasteiger partial charge is 0.224 e. The number of benzene rings is 1. The summed E-state index contributed by atoms with van der Waals surface area (Å²) in [6.07, 6.45) is 1.99. The molecule has 0 aliphatic heterocycles. The van der Waals surface area contributed by atoms with Gasteiger partial charge in [-0.25, -0.2) is 0 Å². The maximum atomic E-state index is 11.6. The van der Waals surface area contributed by atoms with Crippen LogP contribution >= 0.6 is 12.6 Å². The molecular formula is C12H17NO2S2. The van der Waals surface area contributed by atoms with Crippen LogP contribution in [0.5, 0.6) is 0 Å². The zero-order valence-electron chi connectivity index (χ0n) is 9.97. The van der Waals surface area contributed by atoms with E-state index in [9.17, 15) is 9.00 Å². The lowest BCUT2D eigenvalue weighted by Gasteiger charge is -2.09. The number of carbonyl (C=O) groups excluding carboxylic acids is 1. The lowest BCUT2D eigenvalue weighted by atomic mass is 10.1. The van der Waals surface area contributed by atoms with Crippen molar-refractivity contribution in [3.05, 3.63) is 29.8 Å². The number of hydrogen-bond acceptors (Lipinski definition) is 3. The second-order valence-corrected chi connectivity index (χ2v) is 6.27. The molecule has 0 saturated carbocycles. The van der Waals surface area contributed by atoms with Gasteiger partial charge < -0.3 is 5.32 Å². The minimum Gasteiger partial charge on any atom is -0.355 e. The van der Waals surface area contributed by atoms with Crippen LogP contribution < -0.4 is 5.32 Å². The molecule has 17 heavy (non-hydrogen) atoms. The molecule has 0 heterocycles. The number of hydrogen-bond donors (Lipinski definition) is 2. The normalized spacial score (nSPS) is 14.1. The summed E-state index contributed by atoms with van der Waals surface area (Å²) in [6, 6.07) is 7.47. The first-order chi connectivity index (χ1) is 7.99. The van der Waals surface area contributed by atoms with Crippen molar-refractivity contribution in [2.24, 2.45) is 0 Å². The Morgan fingerprint density at radius 2 is 2.00 bits per heavy atom. The summed E-state index contributed by atoms with van der Waals surface area (Å²) in [4.78, 5) is 12.5. The van der Waals surface area contributed by atoms with Gasteiger partial charge in [-0.1, -0.05) is 12.1 Å². The van der Waals surface area contributed by atoms with E-state index in [4.69, 9.17) is 0 Å². The Balaban J connectivity index is 2.39. The fourth-order valence-corrected chi connectivity index (χ4v) is 1.70. The predicted octanol–water partition coefficient (Wildman–Crippen LogP) is 1.40. The highest BCUT2D eigenvalue weighted by Gasteiger charge is 2.08. The molecule has 0 bridgehead atoms. The number of carbonyl (C=O) groups is 1. The first-order valence-corrected chi connectivity index (χ1v) is 7.42. The van der Waals surface area contributed by atoms with Crippen LogP contribution in [0.2, 0.25) is 0 Å². The van der Waals surface area contributed by atoms with Crippen LogP contribution in [0.25, 0.3) is 0 Å². The van der Waals surface area contributed by atoms with Gasteiger partial charge in [0.15, 0.2) is 0 Å². The molecule has 1 rings (SSSR count). The summed E-state index contributed by atoms with van der Waals surface area (Å²) in [7, 11) is -0.901. The quantitative estimate of drug-likeness (QED) is 0.795. The Kier molecular flexibility index (Phi) is 5.71. The van der Waals surface area contributed by atoms with Crippen molar-refractivity contribution in [1.29, 1.82) is 0 Å². The molecule has 1 amide bonds. The Morgan fingerprint density at radius 3 is 2.53 bits per heavy atom. The molecule has 0 aliphatic carbocycles. The van der Waals surface area contributed by atoms with E-state index < -0.39 is 10.8 Å². The number of amides is 1. The van der Waals surface area contributed by atoms with Crippen LogP contribution in [0, 0.1) is 0 Å². The molecule has 0 aromatic heterocycles. The summed E-state index contributed by atoms with van der Waals surface area (Å²) in [5.41, 5.74) is 0.950. The summed E-state index contributed by atoms with van der Waals surface area (Å²) in [5, 5.41) is 2.76. The molecule has 2 atom stereocenters. The topological polar surface area (TPSA) is 46.2 Å². The zero-order chi connectivity index (χ0) is 12.8. The van der Waals surface area contributed by atoms with Crippen LogP contribution in [0.1, 0.15) is 12.5 Å². The highest BCUT2D eigenvalue weighted by Crippen LogP contribution is 2.08. The van der Waals surface area contributed by atoms with Gasteiger partial charge in [0.1, 0.15) is 0 Å². The van der Waals surface area contributed by atoms with Crippen molar-refractivity contribution in [3.8, 4) is 0 Å². The van der Waals surface area contributed by atoms with Gasteiger partial charge in [0.2, 0.25) is 5.91 Å². The van der Waals surface area contributed by atoms with E-state index in [-0.39, 0.29) is 11.2 Å². The minimum atomic E-state index is -0.901. The van der Waals surface area contributed by atoms with Gasteiger partial charge in [-0.05, 0) is 24.6 Å². The van der Waals surface area contributed by atoms with Crippen LogP contribution in [0.4, 0.5) is 0 Å². The number of nitrogens with one attached hydrogen (secondary N) is 1. The fraction of sp³-hybridized carbons (Fsp3) is 0.417. The summed E-state index contributed by atoms with van der Waals surface area (Å²) >= 11 is 4.18. The summed E-state index contributed by atoms with van der Waals surface area (Å²) in [6.45, 7) is 2.30. The molecule has 94 valence electrons. The SMILES string of the molecule is CC(CNC(=O)Cc1ccc(S)cc1)S(C)=O. The van der Waals surface area contributed by atoms with E-state index in [2.05, 4.69) is 17.9 Å². The fourth-order valence-electron chi connectivity index (χ4n) is 1.24. The third-order valence-electron chi connectivity index (χ3n) is 2.45. The number of rotatable bonds is 5. The van der Waals surface area contributed by atoms with Gasteiger partial charge in [-0.3, -0.25) is 9.00 Å². The van der Waals surface area contributed by atoms with Crippen molar-refractivity contribution < 1.29 is 9.00 Å². The average Bonchev–Trinajstić information content (AvgIpc) is 2.29. The van der Waals surface area contributed by atoms with Crippen LogP contribution in [0.3, 0.4) is 0 Å². The van der Waals surface area contributed by atoms with Crippen molar-refractivity contribution in [3.63, 3.8) is 0 Å². The molecule has 0 fully saturated rings. The van der Waals surface area contributed by atoms with Crippen LogP contribution in [0.15, 0.2) is 29.2 Å². The van der Waals surface area contributed by atoms with E-state index in [0.717, 1.165) is 10.5 Å². The maximum Gasteiger partial charge on any atom is 0.224 e. The van der Waals surface area contributed by atoms with E-state index >= 15 is 0 Å².